The first-order valence-electron chi connectivity index (χ1n) is 11.7. The molecule has 11 heteroatoms. The maximum Gasteiger partial charge on any atom is 0.422 e. The molecule has 7 nitrogen and oxygen atoms in total. The Kier molecular flexibility index (Phi) is 6.65. The molecule has 0 saturated carbocycles. The Morgan fingerprint density at radius 1 is 1.22 bits per heavy atom. The van der Waals surface area contributed by atoms with E-state index in [2.05, 4.69) is 44.9 Å². The van der Waals surface area contributed by atoms with Gasteiger partial charge in [-0.1, -0.05) is 17.3 Å². The number of halogens is 3. The zero-order valence-electron chi connectivity index (χ0n) is 20.2. The number of alkyl halides is 3. The predicted octanol–water partition coefficient (Wildman–Crippen LogP) is 6.01. The lowest BCUT2D eigenvalue weighted by molar-refractivity contribution is -0.154. The molecule has 0 radical (unpaired) electrons. The topological polar surface area (TPSA) is 72.7 Å². The minimum absolute atomic E-state index is 0.0330. The molecule has 2 aliphatic rings. The van der Waals surface area contributed by atoms with E-state index >= 15 is 0 Å². The SMILES string of the molecule is CC(c1ccc(OCC(F)(F)F)nc1)N1CCc2ccc(SNc3noc4c3COC4(C)C)cc2C1. The molecule has 192 valence electrons. The van der Waals surface area contributed by atoms with Crippen LogP contribution in [0.5, 0.6) is 5.88 Å². The van der Waals surface area contributed by atoms with E-state index in [-0.39, 0.29) is 11.9 Å². The molecule has 1 aromatic carbocycles. The molecule has 2 aliphatic heterocycles. The van der Waals surface area contributed by atoms with Gasteiger partial charge in [-0.25, -0.2) is 4.98 Å². The van der Waals surface area contributed by atoms with Crippen molar-refractivity contribution in [3.63, 3.8) is 0 Å². The summed E-state index contributed by atoms with van der Waals surface area (Å²) in [4.78, 5) is 7.45. The van der Waals surface area contributed by atoms with Gasteiger partial charge in [0.1, 0.15) is 5.60 Å². The van der Waals surface area contributed by atoms with Crippen molar-refractivity contribution in [1.29, 1.82) is 0 Å². The van der Waals surface area contributed by atoms with Crippen LogP contribution in [-0.2, 0) is 29.9 Å². The summed E-state index contributed by atoms with van der Waals surface area (Å²) in [6.45, 7) is 6.76. The second-order valence-corrected chi connectivity index (χ2v) is 10.4. The van der Waals surface area contributed by atoms with Crippen LogP contribution in [0.3, 0.4) is 0 Å². The van der Waals surface area contributed by atoms with Crippen LogP contribution in [0.2, 0.25) is 0 Å². The van der Waals surface area contributed by atoms with Crippen LogP contribution in [0.4, 0.5) is 19.0 Å². The van der Waals surface area contributed by atoms with E-state index in [9.17, 15) is 13.2 Å². The van der Waals surface area contributed by atoms with Crippen LogP contribution < -0.4 is 9.46 Å². The van der Waals surface area contributed by atoms with Gasteiger partial charge in [0.05, 0.1) is 12.2 Å². The Labute approximate surface area is 211 Å². The molecule has 0 fully saturated rings. The molecule has 1 atom stereocenters. The number of hydrogen-bond acceptors (Lipinski definition) is 8. The van der Waals surface area contributed by atoms with Crippen molar-refractivity contribution in [2.24, 2.45) is 0 Å². The van der Waals surface area contributed by atoms with Crippen molar-refractivity contribution in [3.05, 3.63) is 64.5 Å². The lowest BCUT2D eigenvalue weighted by atomic mass is 9.97. The van der Waals surface area contributed by atoms with Gasteiger partial charge in [-0.15, -0.1) is 0 Å². The highest BCUT2D eigenvalue weighted by Gasteiger charge is 2.38. The van der Waals surface area contributed by atoms with Crippen LogP contribution in [0.25, 0.3) is 0 Å². The van der Waals surface area contributed by atoms with Crippen molar-refractivity contribution in [2.75, 3.05) is 17.9 Å². The number of nitrogens with zero attached hydrogens (tertiary/aromatic N) is 3. The molecule has 0 spiro atoms. The lowest BCUT2D eigenvalue weighted by Crippen LogP contribution is -2.33. The molecule has 4 heterocycles. The standard InChI is InChI=1S/C25H27F3N4O3S/c1-15(17-5-7-21(29-11-17)33-14-25(26,27)28)32-9-8-16-4-6-19(10-18(16)12-32)36-31-23-20-13-34-24(2,3)22(20)35-30-23/h4-7,10-11,15H,8-9,12-14H2,1-3H3,(H,30,31). The Morgan fingerprint density at radius 3 is 2.81 bits per heavy atom. The monoisotopic (exact) mass is 520 g/mol. The molecule has 5 rings (SSSR count). The minimum Gasteiger partial charge on any atom is -0.468 e. The molecule has 1 unspecified atom stereocenters. The minimum atomic E-state index is -4.39. The summed E-state index contributed by atoms with van der Waals surface area (Å²) in [5.41, 5.74) is 3.97. The number of aromatic nitrogens is 2. The number of nitrogens with one attached hydrogen (secondary N) is 1. The van der Waals surface area contributed by atoms with Gasteiger partial charge in [-0.3, -0.25) is 4.90 Å². The third kappa shape index (κ3) is 5.33. The highest BCUT2D eigenvalue weighted by molar-refractivity contribution is 8.00. The zero-order chi connectivity index (χ0) is 25.5. The number of rotatable bonds is 7. The molecule has 1 N–H and O–H groups in total. The van der Waals surface area contributed by atoms with Gasteiger partial charge < -0.3 is 18.7 Å². The smallest absolute Gasteiger partial charge is 0.422 e. The van der Waals surface area contributed by atoms with Gasteiger partial charge in [0.2, 0.25) is 5.88 Å². The number of benzene rings is 1. The first-order chi connectivity index (χ1) is 17.1. The molecular formula is C25H27F3N4O3S. The average Bonchev–Trinajstić information content (AvgIpc) is 3.40. The molecule has 0 aliphatic carbocycles. The van der Waals surface area contributed by atoms with Crippen LogP contribution in [0.1, 0.15) is 54.8 Å². The maximum atomic E-state index is 12.4. The summed E-state index contributed by atoms with van der Waals surface area (Å²) in [7, 11) is 0. The van der Waals surface area contributed by atoms with Crippen molar-refractivity contribution < 1.29 is 27.2 Å². The number of hydrogen-bond donors (Lipinski definition) is 1. The molecular weight excluding hydrogens is 493 g/mol. The van der Waals surface area contributed by atoms with Crippen molar-refractivity contribution >= 4 is 17.8 Å². The second kappa shape index (κ2) is 9.60. The van der Waals surface area contributed by atoms with Gasteiger partial charge in [-0.2, -0.15) is 13.2 Å². The van der Waals surface area contributed by atoms with E-state index in [1.165, 1.54) is 29.1 Å². The van der Waals surface area contributed by atoms with Crippen molar-refractivity contribution in [2.45, 2.75) is 63.1 Å². The number of ether oxygens (including phenoxy) is 2. The van der Waals surface area contributed by atoms with Crippen molar-refractivity contribution in [1.82, 2.24) is 15.0 Å². The Balaban J connectivity index is 1.22. The van der Waals surface area contributed by atoms with Crippen molar-refractivity contribution in [3.8, 4) is 5.88 Å². The number of pyridine rings is 1. The van der Waals surface area contributed by atoms with E-state index in [1.807, 2.05) is 13.8 Å². The van der Waals surface area contributed by atoms with Gasteiger partial charge >= 0.3 is 6.18 Å². The normalized spacial score (nSPS) is 17.9. The average molecular weight is 521 g/mol. The van der Waals surface area contributed by atoms with Gasteiger partial charge in [-0.05, 0) is 68.0 Å². The third-order valence-corrected chi connectivity index (χ3v) is 7.36. The summed E-state index contributed by atoms with van der Waals surface area (Å²) in [6.07, 6.45) is -1.88. The number of fused-ring (bicyclic) bond motifs is 2. The summed E-state index contributed by atoms with van der Waals surface area (Å²) in [5.74, 6) is 1.41. The van der Waals surface area contributed by atoms with Crippen LogP contribution in [-0.4, -0.2) is 34.4 Å². The fraction of sp³-hybridized carbons (Fsp3) is 0.440. The lowest BCUT2D eigenvalue weighted by Gasteiger charge is -2.34. The van der Waals surface area contributed by atoms with Gasteiger partial charge in [0.25, 0.3) is 0 Å². The van der Waals surface area contributed by atoms with Crippen LogP contribution >= 0.6 is 11.9 Å². The molecule has 2 aromatic heterocycles. The predicted molar refractivity (Wildman–Crippen MR) is 129 cm³/mol. The fourth-order valence-electron chi connectivity index (χ4n) is 4.46. The van der Waals surface area contributed by atoms with E-state index in [0.29, 0.717) is 12.4 Å². The summed E-state index contributed by atoms with van der Waals surface area (Å²) in [6, 6.07) is 9.76. The highest BCUT2D eigenvalue weighted by atomic mass is 32.2. The van der Waals surface area contributed by atoms with Gasteiger partial charge in [0.15, 0.2) is 18.2 Å². The first kappa shape index (κ1) is 24.9. The maximum absolute atomic E-state index is 12.4. The number of anilines is 1. The van der Waals surface area contributed by atoms with E-state index in [4.69, 9.17) is 14.0 Å². The van der Waals surface area contributed by atoms with Gasteiger partial charge in [0, 0.05) is 36.3 Å². The fourth-order valence-corrected chi connectivity index (χ4v) is 5.17. The Morgan fingerprint density at radius 2 is 2.06 bits per heavy atom. The summed E-state index contributed by atoms with van der Waals surface area (Å²) < 4.78 is 56.4. The Bertz CT molecular complexity index is 1230. The molecule has 0 saturated heterocycles. The summed E-state index contributed by atoms with van der Waals surface area (Å²) >= 11 is 1.48. The quantitative estimate of drug-likeness (QED) is 0.380. The largest absolute Gasteiger partial charge is 0.468 e. The van der Waals surface area contributed by atoms with Crippen LogP contribution in [0.15, 0.2) is 45.9 Å². The van der Waals surface area contributed by atoms with E-state index < -0.39 is 18.4 Å². The first-order valence-corrected chi connectivity index (χ1v) is 12.5. The third-order valence-electron chi connectivity index (χ3n) is 6.57. The second-order valence-electron chi connectivity index (χ2n) is 9.50. The molecule has 0 bridgehead atoms. The zero-order valence-corrected chi connectivity index (χ0v) is 21.0. The molecule has 3 aromatic rings. The highest BCUT2D eigenvalue weighted by Crippen LogP contribution is 2.40. The summed E-state index contributed by atoms with van der Waals surface area (Å²) in [5, 5.41) is 4.17. The molecule has 0 amide bonds. The van der Waals surface area contributed by atoms with E-state index in [1.54, 1.807) is 12.3 Å². The van der Waals surface area contributed by atoms with Crippen LogP contribution in [0, 0.1) is 0 Å². The van der Waals surface area contributed by atoms with E-state index in [0.717, 1.165) is 41.3 Å². The molecule has 36 heavy (non-hydrogen) atoms. The Hall–Kier alpha value is -2.76.